The van der Waals surface area contributed by atoms with Gasteiger partial charge in [-0.25, -0.2) is 0 Å². The fourth-order valence-electron chi connectivity index (χ4n) is 10.4. The van der Waals surface area contributed by atoms with Gasteiger partial charge in [-0.2, -0.15) is 0 Å². The average molecular weight is 1250 g/mol. The van der Waals surface area contributed by atoms with Crippen LogP contribution in [0.5, 0.6) is 5.75 Å². The van der Waals surface area contributed by atoms with Crippen molar-refractivity contribution in [3.05, 3.63) is 58.9 Å². The lowest BCUT2D eigenvalue weighted by Crippen LogP contribution is -2.61. The number of aliphatic imine (C=N–C) groups is 1. The number of allylic oxidation sites excluding steroid dienone is 1. The van der Waals surface area contributed by atoms with E-state index in [1.54, 1.807) is 20.0 Å². The molecule has 2 aliphatic rings. The standard InChI is InChI=1S/C59H89N15O15/c1-31(2)24-43(55(86)69-40(16-11-23-64-59(62)63-5)53(84)71-42(51(61)82)27-36-29-65-39-15-10-9-14-38(36)39)68-48(79)30-66-52(83)44(25-34-12-7-6-8-13-34)73-58(89)50(32(3)75)74-57(88)46(28-47(60)78)72-54(85)41(21-22-49(80)81)70-56(87)45(67-33(4)76)26-35-17-19-37(77)20-18-35/h10,15,17-20,29,31-32,34,40-46,50,65,75,77H,6-9,11-14,16,21-28,30H2,1-5H3,(H2,60,78)(H2,61,82)(H,66,83)(H,67,76)(H,68,79)(H,69,86)(H,70,87)(H,71,84)(H,72,85)(H,73,89)(H,74,88)(H,80,81)(H3,62,63,64)/t32-,40+,41+,42+,43+,44+,45-,46+,50+/m1/s1. The first-order valence-electron chi connectivity index (χ1n) is 29.9. The van der Waals surface area contributed by atoms with E-state index < -0.39 is 151 Å². The van der Waals surface area contributed by atoms with E-state index >= 15 is 0 Å². The number of carboxylic acids is 1. The molecule has 20 N–H and O–H groups in total. The van der Waals surface area contributed by atoms with Crippen LogP contribution in [0.4, 0.5) is 0 Å². The van der Waals surface area contributed by atoms with Crippen LogP contribution >= 0.6 is 0 Å². The number of amides is 11. The van der Waals surface area contributed by atoms with Crippen LogP contribution in [0.15, 0.2) is 41.5 Å². The molecule has 30 heteroatoms. The van der Waals surface area contributed by atoms with E-state index in [-0.39, 0.29) is 68.6 Å². The highest BCUT2D eigenvalue weighted by Crippen LogP contribution is 2.28. The number of phenolic OH excluding ortho intramolecular Hbond substituents is 1. The molecule has 1 aromatic carbocycles. The molecule has 0 radical (unpaired) electrons. The minimum Gasteiger partial charge on any atom is -0.508 e. The largest absolute Gasteiger partial charge is 0.508 e. The first-order chi connectivity index (χ1) is 42.1. The highest BCUT2D eigenvalue weighted by atomic mass is 16.4. The summed E-state index contributed by atoms with van der Waals surface area (Å²) in [5.74, 6) is -11.8. The molecule has 1 heterocycles. The maximum absolute atomic E-state index is 14.2. The summed E-state index contributed by atoms with van der Waals surface area (Å²) in [7, 11) is 1.49. The molecule has 1 aromatic heterocycles. The van der Waals surface area contributed by atoms with Crippen LogP contribution in [0.25, 0.3) is 6.08 Å². The number of nitrogens with one attached hydrogen (secondary N) is 11. The number of carbonyl (C=O) groups excluding carboxylic acids is 11. The summed E-state index contributed by atoms with van der Waals surface area (Å²) in [6.45, 7) is 5.40. The summed E-state index contributed by atoms with van der Waals surface area (Å²) in [5.41, 5.74) is 20.2. The summed E-state index contributed by atoms with van der Waals surface area (Å²) in [4.78, 5) is 168. The number of fused-ring (bicyclic) bond motifs is 1. The summed E-state index contributed by atoms with van der Waals surface area (Å²) in [6, 6.07) is -6.16. The lowest BCUT2D eigenvalue weighted by atomic mass is 9.84. The van der Waals surface area contributed by atoms with Crippen LogP contribution in [-0.4, -0.2) is 172 Å². The molecular weight excluding hydrogens is 1160 g/mol. The van der Waals surface area contributed by atoms with E-state index in [0.29, 0.717) is 18.4 Å². The number of primary amides is 2. The van der Waals surface area contributed by atoms with Crippen LogP contribution in [0.3, 0.4) is 0 Å². The second kappa shape index (κ2) is 36.3. The van der Waals surface area contributed by atoms with Gasteiger partial charge in [-0.05, 0) is 98.6 Å². The maximum Gasteiger partial charge on any atom is 0.303 e. The highest BCUT2D eigenvalue weighted by Gasteiger charge is 2.37. The van der Waals surface area contributed by atoms with Crippen molar-refractivity contribution >= 4 is 83.0 Å². The van der Waals surface area contributed by atoms with E-state index in [4.69, 9.17) is 17.2 Å². The number of aliphatic carboxylic acids is 1. The predicted octanol–water partition coefficient (Wildman–Crippen LogP) is -2.58. The van der Waals surface area contributed by atoms with Crippen molar-refractivity contribution in [3.8, 4) is 5.75 Å². The topological polar surface area (TPSA) is 492 Å². The monoisotopic (exact) mass is 1250 g/mol. The number of benzene rings is 1. The number of aromatic amines is 1. The second-order valence-electron chi connectivity index (χ2n) is 22.9. The number of rotatable bonds is 36. The first kappa shape index (κ1) is 72.4. The number of guanidine groups is 1. The number of phenols is 1. The maximum atomic E-state index is 14.2. The van der Waals surface area contributed by atoms with Crippen molar-refractivity contribution in [3.63, 3.8) is 0 Å². The highest BCUT2D eigenvalue weighted by molar-refractivity contribution is 5.99. The molecule has 0 spiro atoms. The number of nitrogens with zero attached hydrogens (tertiary/aromatic N) is 1. The zero-order valence-electron chi connectivity index (χ0n) is 51.0. The number of aromatic nitrogens is 1. The molecule has 1 fully saturated rings. The minimum atomic E-state index is -1.90. The number of hydrogen-bond donors (Lipinski definition) is 17. The van der Waals surface area contributed by atoms with Crippen molar-refractivity contribution < 1.29 is 72.9 Å². The molecule has 0 unspecified atom stereocenters. The van der Waals surface area contributed by atoms with Crippen molar-refractivity contribution in [1.29, 1.82) is 0 Å². The number of carboxylic acid groups (broad SMARTS) is 1. The molecule has 0 saturated heterocycles. The third kappa shape index (κ3) is 25.3. The lowest BCUT2D eigenvalue weighted by molar-refractivity contribution is -0.139. The number of hydrogen-bond acceptors (Lipinski definition) is 15. The molecular formula is C59H89N15O15. The van der Waals surface area contributed by atoms with Gasteiger partial charge in [-0.1, -0.05) is 64.2 Å². The number of H-pyrrole nitrogens is 1. The van der Waals surface area contributed by atoms with Gasteiger partial charge >= 0.3 is 5.97 Å². The molecule has 2 aliphatic carbocycles. The van der Waals surface area contributed by atoms with Crippen LogP contribution in [0.2, 0.25) is 0 Å². The van der Waals surface area contributed by atoms with Crippen LogP contribution in [0.1, 0.15) is 134 Å². The van der Waals surface area contributed by atoms with Gasteiger partial charge in [0.25, 0.3) is 0 Å². The first-order valence-corrected chi connectivity index (χ1v) is 29.9. The minimum absolute atomic E-state index is 0.0418. The Kier molecular flexibility index (Phi) is 29.5. The molecule has 2 aromatic rings. The Morgan fingerprint density at radius 1 is 0.674 bits per heavy atom. The molecule has 30 nitrogen and oxygen atoms in total. The third-order valence-electron chi connectivity index (χ3n) is 15.1. The zero-order valence-corrected chi connectivity index (χ0v) is 51.0. The molecule has 4 rings (SSSR count). The SMILES string of the molecule is CN=C(N)NCCC[C@H](NC(=O)[C@H](CC(C)C)NC(=O)CNC(=O)[C@H](CC1CCCCC1)NC(=O)[C@@H](NC(=O)[C@H](CC(N)=O)NC(=O)[C@H](CCC(=O)O)NC(=O)[C@@H](Cc1ccc(O)cc1)NC(C)=O)[C@@H](C)O)C(=O)N[C@@H](Cc1c[nH]c2c1CCC=C2)C(N)=O. The second-order valence-corrected chi connectivity index (χ2v) is 22.9. The third-order valence-corrected chi connectivity index (χ3v) is 15.1. The van der Waals surface area contributed by atoms with Gasteiger partial charge in [0.1, 0.15) is 54.1 Å². The zero-order chi connectivity index (χ0) is 65.9. The van der Waals surface area contributed by atoms with Gasteiger partial charge in [0.05, 0.1) is 19.1 Å². The van der Waals surface area contributed by atoms with Gasteiger partial charge in [0, 0.05) is 51.7 Å². The van der Waals surface area contributed by atoms with Gasteiger partial charge < -0.3 is 90.7 Å². The van der Waals surface area contributed by atoms with E-state index in [2.05, 4.69) is 63.1 Å². The smallest absolute Gasteiger partial charge is 0.303 e. The Bertz CT molecular complexity index is 2870. The summed E-state index contributed by atoms with van der Waals surface area (Å²) >= 11 is 0. The van der Waals surface area contributed by atoms with Crippen molar-refractivity contribution in [2.24, 2.45) is 34.0 Å². The van der Waals surface area contributed by atoms with Crippen molar-refractivity contribution in [2.75, 3.05) is 20.1 Å². The number of carbonyl (C=O) groups is 12. The molecule has 89 heavy (non-hydrogen) atoms. The van der Waals surface area contributed by atoms with Crippen LogP contribution in [-0.2, 0) is 76.8 Å². The fourth-order valence-corrected chi connectivity index (χ4v) is 10.4. The Morgan fingerprint density at radius 3 is 1.87 bits per heavy atom. The quantitative estimate of drug-likeness (QED) is 0.0189. The Balaban J connectivity index is 1.49. The normalized spacial score (nSPS) is 16.1. The molecule has 11 amide bonds. The molecule has 9 atom stereocenters. The van der Waals surface area contributed by atoms with Crippen molar-refractivity contribution in [1.82, 2.24) is 58.2 Å². The predicted molar refractivity (Wildman–Crippen MR) is 325 cm³/mol. The Hall–Kier alpha value is -9.09. The Morgan fingerprint density at radius 2 is 1.27 bits per heavy atom. The molecule has 490 valence electrons. The van der Waals surface area contributed by atoms with Gasteiger partial charge in [-0.3, -0.25) is 62.5 Å². The fraction of sp³-hybridized carbons (Fsp3) is 0.576. The number of aliphatic hydroxyl groups is 1. The van der Waals surface area contributed by atoms with E-state index in [9.17, 15) is 72.9 Å². The Labute approximate surface area is 516 Å². The van der Waals surface area contributed by atoms with Gasteiger partial charge in [0.15, 0.2) is 5.96 Å². The average Bonchev–Trinajstić information content (AvgIpc) is 2.49. The van der Waals surface area contributed by atoms with E-state index in [1.807, 2.05) is 12.2 Å². The lowest BCUT2D eigenvalue weighted by Gasteiger charge is -2.29. The summed E-state index contributed by atoms with van der Waals surface area (Å²) in [5, 5.41) is 55.5. The van der Waals surface area contributed by atoms with Crippen molar-refractivity contribution in [2.45, 2.75) is 185 Å². The van der Waals surface area contributed by atoms with Crippen LogP contribution < -0.4 is 70.4 Å². The molecule has 1 saturated carbocycles. The summed E-state index contributed by atoms with van der Waals surface area (Å²) in [6.07, 6.45) is 7.73. The molecule has 0 bridgehead atoms. The van der Waals surface area contributed by atoms with Crippen LogP contribution in [0, 0.1) is 11.8 Å². The number of aliphatic hydroxyl groups excluding tert-OH is 1. The van der Waals surface area contributed by atoms with E-state index in [1.165, 1.54) is 31.3 Å². The summed E-state index contributed by atoms with van der Waals surface area (Å²) < 4.78 is 0. The number of nitrogens with two attached hydrogens (primary N) is 3. The van der Waals surface area contributed by atoms with Gasteiger partial charge in [-0.15, -0.1) is 0 Å². The van der Waals surface area contributed by atoms with E-state index in [0.717, 1.165) is 62.8 Å². The van der Waals surface area contributed by atoms with Gasteiger partial charge in [0.2, 0.25) is 65.0 Å². The molecule has 0 aliphatic heterocycles. The number of aromatic hydroxyl groups is 1.